The van der Waals surface area contributed by atoms with Crippen molar-refractivity contribution in [1.82, 2.24) is 0 Å². The molecule has 4 nitrogen and oxygen atoms in total. The minimum absolute atomic E-state index is 0.358. The van der Waals surface area contributed by atoms with Gasteiger partial charge in [0.1, 0.15) is 11.5 Å². The van der Waals surface area contributed by atoms with Crippen LogP contribution in [-0.4, -0.2) is 12.9 Å². The molecule has 0 unspecified atom stereocenters. The molecule has 14 heavy (non-hydrogen) atoms. The predicted molar refractivity (Wildman–Crippen MR) is 51.0 cm³/mol. The minimum Gasteiger partial charge on any atom is -0.434 e. The Bertz CT molecular complexity index is 196. The number of carbonyl (C=O) groups is 2. The molecule has 0 bridgehead atoms. The van der Waals surface area contributed by atoms with Crippen LogP contribution >= 0.6 is 0 Å². The summed E-state index contributed by atoms with van der Waals surface area (Å²) in [5.74, 6) is 0.892. The monoisotopic (exact) mass is 198 g/mol. The molecule has 0 spiro atoms. The van der Waals surface area contributed by atoms with Crippen molar-refractivity contribution in [3.63, 3.8) is 0 Å². The number of allylic oxidation sites excluding steroid dienone is 2. The van der Waals surface area contributed by atoms with Gasteiger partial charge in [-0.3, -0.25) is 9.59 Å². The molecule has 0 aromatic rings. The van der Waals surface area contributed by atoms with Gasteiger partial charge in [0.05, 0.1) is 0 Å². The third-order valence-corrected chi connectivity index (χ3v) is 1.59. The summed E-state index contributed by atoms with van der Waals surface area (Å²) in [5, 5.41) is 0. The molecule has 0 amide bonds. The van der Waals surface area contributed by atoms with Crippen molar-refractivity contribution >= 4 is 12.9 Å². The van der Waals surface area contributed by atoms with Gasteiger partial charge in [0.15, 0.2) is 0 Å². The summed E-state index contributed by atoms with van der Waals surface area (Å²) < 4.78 is 9.02. The second kappa shape index (κ2) is 8.04. The molecule has 0 aromatic carbocycles. The van der Waals surface area contributed by atoms with Crippen molar-refractivity contribution in [3.8, 4) is 0 Å². The van der Waals surface area contributed by atoms with Crippen LogP contribution in [0.25, 0.3) is 0 Å². The molecule has 0 aliphatic carbocycles. The number of carbonyl (C=O) groups excluding carboxylic acids is 2. The van der Waals surface area contributed by atoms with Crippen molar-refractivity contribution in [1.29, 1.82) is 0 Å². The number of ether oxygens (including phenoxy) is 2. The molecule has 0 heterocycles. The zero-order chi connectivity index (χ0) is 10.8. The maximum Gasteiger partial charge on any atom is 0.298 e. The average molecular weight is 198 g/mol. The van der Waals surface area contributed by atoms with E-state index in [1.165, 1.54) is 0 Å². The van der Waals surface area contributed by atoms with E-state index in [4.69, 9.17) is 0 Å². The Labute approximate surface area is 83.2 Å². The number of unbranched alkanes of at least 4 members (excludes halogenated alkanes) is 1. The Morgan fingerprint density at radius 2 is 1.29 bits per heavy atom. The van der Waals surface area contributed by atoms with Gasteiger partial charge in [-0.05, 0) is 12.8 Å². The van der Waals surface area contributed by atoms with Gasteiger partial charge in [-0.15, -0.1) is 0 Å². The van der Waals surface area contributed by atoms with Crippen LogP contribution < -0.4 is 0 Å². The van der Waals surface area contributed by atoms with E-state index in [9.17, 15) is 9.59 Å². The van der Waals surface area contributed by atoms with Crippen LogP contribution in [0.15, 0.2) is 24.7 Å². The summed E-state index contributed by atoms with van der Waals surface area (Å²) in [6.07, 6.45) is 2.86. The fourth-order valence-electron chi connectivity index (χ4n) is 0.898. The summed E-state index contributed by atoms with van der Waals surface area (Å²) in [7, 11) is 0. The van der Waals surface area contributed by atoms with E-state index in [-0.39, 0.29) is 0 Å². The summed E-state index contributed by atoms with van der Waals surface area (Å²) in [6, 6.07) is 0. The molecule has 0 saturated heterocycles. The maximum atomic E-state index is 9.89. The summed E-state index contributed by atoms with van der Waals surface area (Å²) in [4.78, 5) is 19.8. The van der Waals surface area contributed by atoms with Gasteiger partial charge < -0.3 is 9.47 Å². The molecule has 0 atom stereocenters. The van der Waals surface area contributed by atoms with Crippen molar-refractivity contribution in [2.75, 3.05) is 0 Å². The van der Waals surface area contributed by atoms with Gasteiger partial charge in [0, 0.05) is 12.8 Å². The van der Waals surface area contributed by atoms with Crippen molar-refractivity contribution in [2.45, 2.75) is 25.7 Å². The third-order valence-electron chi connectivity index (χ3n) is 1.59. The molecule has 0 saturated carbocycles. The Morgan fingerprint density at radius 3 is 1.57 bits per heavy atom. The molecule has 0 rings (SSSR count). The number of rotatable bonds is 9. The van der Waals surface area contributed by atoms with E-state index < -0.39 is 0 Å². The van der Waals surface area contributed by atoms with Crippen LogP contribution in [0.1, 0.15) is 25.7 Å². The van der Waals surface area contributed by atoms with E-state index in [2.05, 4.69) is 22.6 Å². The molecule has 0 N–H and O–H groups in total. The molecule has 0 fully saturated rings. The first kappa shape index (κ1) is 12.4. The Morgan fingerprint density at radius 1 is 0.929 bits per heavy atom. The molecule has 0 aliphatic heterocycles. The first-order valence-electron chi connectivity index (χ1n) is 4.27. The lowest BCUT2D eigenvalue weighted by molar-refractivity contribution is -0.126. The minimum atomic E-state index is 0.358. The largest absolute Gasteiger partial charge is 0.434 e. The van der Waals surface area contributed by atoms with Crippen molar-refractivity contribution in [3.05, 3.63) is 24.7 Å². The Kier molecular flexibility index (Phi) is 7.13. The average Bonchev–Trinajstić information content (AvgIpc) is 2.13. The maximum absolute atomic E-state index is 9.89. The lowest BCUT2D eigenvalue weighted by Gasteiger charge is -2.03. The summed E-state index contributed by atoms with van der Waals surface area (Å²) in [5.41, 5.74) is 0. The Balaban J connectivity index is 3.36. The number of hydrogen-bond donors (Lipinski definition) is 0. The fourth-order valence-corrected chi connectivity index (χ4v) is 0.898. The highest BCUT2D eigenvalue weighted by Gasteiger charge is 1.97. The van der Waals surface area contributed by atoms with Crippen molar-refractivity contribution < 1.29 is 19.1 Å². The summed E-state index contributed by atoms with van der Waals surface area (Å²) >= 11 is 0. The van der Waals surface area contributed by atoms with E-state index in [1.807, 2.05) is 0 Å². The van der Waals surface area contributed by atoms with Gasteiger partial charge >= 0.3 is 0 Å². The van der Waals surface area contributed by atoms with Crippen LogP contribution in [0.4, 0.5) is 0 Å². The van der Waals surface area contributed by atoms with Crippen LogP contribution in [0.2, 0.25) is 0 Å². The third kappa shape index (κ3) is 7.09. The van der Waals surface area contributed by atoms with Gasteiger partial charge in [-0.2, -0.15) is 0 Å². The van der Waals surface area contributed by atoms with Gasteiger partial charge in [-0.25, -0.2) is 0 Å². The zero-order valence-corrected chi connectivity index (χ0v) is 8.03. The second-order valence-electron chi connectivity index (χ2n) is 2.71. The number of hydrogen-bond acceptors (Lipinski definition) is 4. The van der Waals surface area contributed by atoms with Crippen LogP contribution in [0.3, 0.4) is 0 Å². The smallest absolute Gasteiger partial charge is 0.298 e. The van der Waals surface area contributed by atoms with Gasteiger partial charge in [0.2, 0.25) is 0 Å². The predicted octanol–water partition coefficient (Wildman–Crippen LogP) is 1.92. The van der Waals surface area contributed by atoms with E-state index >= 15 is 0 Å². The molecular formula is C10H14O4. The molecule has 78 valence electrons. The molecule has 0 radical (unpaired) electrons. The summed E-state index contributed by atoms with van der Waals surface area (Å²) in [6.45, 7) is 7.78. The van der Waals surface area contributed by atoms with E-state index in [1.54, 1.807) is 0 Å². The lowest BCUT2D eigenvalue weighted by Crippen LogP contribution is -1.91. The highest BCUT2D eigenvalue weighted by atomic mass is 16.5. The topological polar surface area (TPSA) is 52.6 Å². The molecule has 4 heteroatoms. The van der Waals surface area contributed by atoms with E-state index in [0.29, 0.717) is 37.3 Å². The normalized spacial score (nSPS) is 8.86. The standard InChI is InChI=1S/C10H14O4/c1-9(13-7-11)5-3-4-6-10(2)14-8-12/h7-8H,1-6H2. The molecule has 0 aromatic heterocycles. The van der Waals surface area contributed by atoms with Crippen molar-refractivity contribution in [2.24, 2.45) is 0 Å². The van der Waals surface area contributed by atoms with Crippen LogP contribution in [0, 0.1) is 0 Å². The molecular weight excluding hydrogens is 184 g/mol. The lowest BCUT2D eigenvalue weighted by atomic mass is 10.1. The fraction of sp³-hybridized carbons (Fsp3) is 0.400. The highest BCUT2D eigenvalue weighted by Crippen LogP contribution is 2.11. The Hall–Kier alpha value is -1.58. The zero-order valence-electron chi connectivity index (χ0n) is 8.03. The van der Waals surface area contributed by atoms with E-state index in [0.717, 1.165) is 12.8 Å². The SMILES string of the molecule is C=C(CCCCC(=C)OC=O)OC=O. The first-order valence-corrected chi connectivity index (χ1v) is 4.27. The molecule has 0 aliphatic rings. The van der Waals surface area contributed by atoms with Gasteiger partial charge in [-0.1, -0.05) is 13.2 Å². The van der Waals surface area contributed by atoms with Crippen LogP contribution in [0.5, 0.6) is 0 Å². The first-order chi connectivity index (χ1) is 6.70. The van der Waals surface area contributed by atoms with Gasteiger partial charge in [0.25, 0.3) is 12.9 Å². The van der Waals surface area contributed by atoms with Crippen LogP contribution in [-0.2, 0) is 19.1 Å². The second-order valence-corrected chi connectivity index (χ2v) is 2.71. The highest BCUT2D eigenvalue weighted by molar-refractivity contribution is 5.39. The quantitative estimate of drug-likeness (QED) is 0.322.